The van der Waals surface area contributed by atoms with Crippen molar-refractivity contribution in [3.05, 3.63) is 28.2 Å². The SMILES string of the molecule is COc1ccc(CNCC2CCOC2)cc1Br. The van der Waals surface area contributed by atoms with Gasteiger partial charge in [0.25, 0.3) is 0 Å². The highest BCUT2D eigenvalue weighted by atomic mass is 79.9. The van der Waals surface area contributed by atoms with Gasteiger partial charge < -0.3 is 14.8 Å². The molecule has 0 aromatic heterocycles. The van der Waals surface area contributed by atoms with E-state index in [-0.39, 0.29) is 0 Å². The van der Waals surface area contributed by atoms with Crippen molar-refractivity contribution in [3.63, 3.8) is 0 Å². The predicted molar refractivity (Wildman–Crippen MR) is 71.3 cm³/mol. The highest BCUT2D eigenvalue weighted by Crippen LogP contribution is 2.25. The zero-order valence-corrected chi connectivity index (χ0v) is 11.6. The van der Waals surface area contributed by atoms with Crippen LogP contribution in [0.15, 0.2) is 22.7 Å². The molecule has 3 nitrogen and oxygen atoms in total. The molecule has 0 saturated carbocycles. The van der Waals surface area contributed by atoms with Crippen LogP contribution in [-0.4, -0.2) is 26.9 Å². The third-order valence-corrected chi connectivity index (χ3v) is 3.62. The molecule has 2 rings (SSSR count). The van der Waals surface area contributed by atoms with E-state index in [1.54, 1.807) is 7.11 Å². The van der Waals surface area contributed by atoms with Gasteiger partial charge in [-0.05, 0) is 46.0 Å². The summed E-state index contributed by atoms with van der Waals surface area (Å²) < 4.78 is 11.6. The first kappa shape index (κ1) is 12.9. The first-order valence-electron chi connectivity index (χ1n) is 5.90. The molecular weight excluding hydrogens is 282 g/mol. The maximum absolute atomic E-state index is 5.35. The average molecular weight is 300 g/mol. The Balaban J connectivity index is 1.80. The van der Waals surface area contributed by atoms with Crippen LogP contribution in [0.25, 0.3) is 0 Å². The van der Waals surface area contributed by atoms with Gasteiger partial charge in [-0.3, -0.25) is 0 Å². The molecule has 1 aromatic rings. The minimum Gasteiger partial charge on any atom is -0.496 e. The van der Waals surface area contributed by atoms with Gasteiger partial charge >= 0.3 is 0 Å². The van der Waals surface area contributed by atoms with Gasteiger partial charge in [-0.15, -0.1) is 0 Å². The number of nitrogens with one attached hydrogen (secondary N) is 1. The molecule has 1 N–H and O–H groups in total. The zero-order chi connectivity index (χ0) is 12.1. The Hall–Kier alpha value is -0.580. The minimum absolute atomic E-state index is 0.677. The van der Waals surface area contributed by atoms with Crippen LogP contribution in [0.3, 0.4) is 0 Å². The van der Waals surface area contributed by atoms with E-state index in [0.29, 0.717) is 5.92 Å². The van der Waals surface area contributed by atoms with E-state index in [4.69, 9.17) is 9.47 Å². The lowest BCUT2D eigenvalue weighted by atomic mass is 10.1. The molecule has 1 atom stereocenters. The fourth-order valence-corrected chi connectivity index (χ4v) is 2.57. The molecule has 4 heteroatoms. The van der Waals surface area contributed by atoms with Crippen molar-refractivity contribution >= 4 is 15.9 Å². The Labute approximate surface area is 111 Å². The molecule has 17 heavy (non-hydrogen) atoms. The van der Waals surface area contributed by atoms with Crippen LogP contribution >= 0.6 is 15.9 Å². The van der Waals surface area contributed by atoms with E-state index in [1.165, 1.54) is 12.0 Å². The summed E-state index contributed by atoms with van der Waals surface area (Å²) in [6.45, 7) is 3.74. The van der Waals surface area contributed by atoms with Crippen LogP contribution < -0.4 is 10.1 Å². The minimum atomic E-state index is 0.677. The smallest absolute Gasteiger partial charge is 0.133 e. The first-order valence-corrected chi connectivity index (χ1v) is 6.70. The summed E-state index contributed by atoms with van der Waals surface area (Å²) in [7, 11) is 1.68. The van der Waals surface area contributed by atoms with Crippen LogP contribution in [0.5, 0.6) is 5.75 Å². The predicted octanol–water partition coefficient (Wildman–Crippen LogP) is 2.58. The van der Waals surface area contributed by atoms with Crippen LogP contribution in [0, 0.1) is 5.92 Å². The largest absolute Gasteiger partial charge is 0.496 e. The molecule has 1 aliphatic rings. The molecule has 0 radical (unpaired) electrons. The summed E-state index contributed by atoms with van der Waals surface area (Å²) in [4.78, 5) is 0. The Kier molecular flexibility index (Phi) is 4.83. The van der Waals surface area contributed by atoms with Gasteiger partial charge in [0.2, 0.25) is 0 Å². The highest BCUT2D eigenvalue weighted by Gasteiger charge is 2.14. The van der Waals surface area contributed by atoms with E-state index in [9.17, 15) is 0 Å². The monoisotopic (exact) mass is 299 g/mol. The fourth-order valence-electron chi connectivity index (χ4n) is 1.98. The molecule has 0 aliphatic carbocycles. The summed E-state index contributed by atoms with van der Waals surface area (Å²) in [5.41, 5.74) is 1.26. The van der Waals surface area contributed by atoms with Crippen LogP contribution in [0.4, 0.5) is 0 Å². The van der Waals surface area contributed by atoms with Gasteiger partial charge in [0.1, 0.15) is 5.75 Å². The lowest BCUT2D eigenvalue weighted by Crippen LogP contribution is -2.22. The van der Waals surface area contributed by atoms with Gasteiger partial charge in [0.15, 0.2) is 0 Å². The number of methoxy groups -OCH3 is 1. The lowest BCUT2D eigenvalue weighted by Gasteiger charge is -2.10. The number of hydrogen-bond acceptors (Lipinski definition) is 3. The quantitative estimate of drug-likeness (QED) is 0.906. The third-order valence-electron chi connectivity index (χ3n) is 3.00. The van der Waals surface area contributed by atoms with Crippen molar-refractivity contribution in [2.75, 3.05) is 26.9 Å². The topological polar surface area (TPSA) is 30.5 Å². The number of rotatable bonds is 5. The summed E-state index contributed by atoms with van der Waals surface area (Å²) in [6.07, 6.45) is 1.18. The molecule has 1 heterocycles. The summed E-state index contributed by atoms with van der Waals surface area (Å²) >= 11 is 3.49. The van der Waals surface area contributed by atoms with Crippen molar-refractivity contribution in [3.8, 4) is 5.75 Å². The van der Waals surface area contributed by atoms with Gasteiger partial charge in [-0.2, -0.15) is 0 Å². The standard InChI is InChI=1S/C13H18BrNO2/c1-16-13-3-2-10(6-12(13)14)7-15-8-11-4-5-17-9-11/h2-3,6,11,15H,4-5,7-9H2,1H3. The van der Waals surface area contributed by atoms with Crippen molar-refractivity contribution in [1.29, 1.82) is 0 Å². The molecule has 0 amide bonds. The van der Waals surface area contributed by atoms with Gasteiger partial charge in [-0.1, -0.05) is 6.07 Å². The molecule has 1 saturated heterocycles. The molecule has 0 spiro atoms. The summed E-state index contributed by atoms with van der Waals surface area (Å²) in [6, 6.07) is 6.17. The third kappa shape index (κ3) is 3.69. The van der Waals surface area contributed by atoms with Crippen molar-refractivity contribution in [1.82, 2.24) is 5.32 Å². The fraction of sp³-hybridized carbons (Fsp3) is 0.538. The molecule has 1 aliphatic heterocycles. The van der Waals surface area contributed by atoms with Crippen LogP contribution in [0.1, 0.15) is 12.0 Å². The maximum Gasteiger partial charge on any atom is 0.133 e. The van der Waals surface area contributed by atoms with E-state index >= 15 is 0 Å². The Morgan fingerprint density at radius 3 is 3.06 bits per heavy atom. The van der Waals surface area contributed by atoms with E-state index in [1.807, 2.05) is 6.07 Å². The summed E-state index contributed by atoms with van der Waals surface area (Å²) in [5.74, 6) is 1.55. The second-order valence-corrected chi connectivity index (χ2v) is 5.18. The molecule has 94 valence electrons. The second kappa shape index (κ2) is 6.38. The van der Waals surface area contributed by atoms with Crippen molar-refractivity contribution in [2.45, 2.75) is 13.0 Å². The zero-order valence-electron chi connectivity index (χ0n) is 10.0. The van der Waals surface area contributed by atoms with Gasteiger partial charge in [0.05, 0.1) is 18.2 Å². The van der Waals surface area contributed by atoms with E-state index in [0.717, 1.165) is 36.5 Å². The molecule has 1 aromatic carbocycles. The Bertz CT molecular complexity index is 364. The molecule has 1 unspecified atom stereocenters. The second-order valence-electron chi connectivity index (χ2n) is 4.33. The van der Waals surface area contributed by atoms with Gasteiger partial charge in [0, 0.05) is 19.7 Å². The highest BCUT2D eigenvalue weighted by molar-refractivity contribution is 9.10. The maximum atomic E-state index is 5.35. The van der Waals surface area contributed by atoms with Gasteiger partial charge in [-0.25, -0.2) is 0 Å². The van der Waals surface area contributed by atoms with Crippen molar-refractivity contribution < 1.29 is 9.47 Å². The van der Waals surface area contributed by atoms with E-state index in [2.05, 4.69) is 33.4 Å². The average Bonchev–Trinajstić information content (AvgIpc) is 2.82. The van der Waals surface area contributed by atoms with E-state index < -0.39 is 0 Å². The van der Waals surface area contributed by atoms with Crippen molar-refractivity contribution in [2.24, 2.45) is 5.92 Å². The lowest BCUT2D eigenvalue weighted by molar-refractivity contribution is 0.185. The number of benzene rings is 1. The van der Waals surface area contributed by atoms with Crippen LogP contribution in [-0.2, 0) is 11.3 Å². The van der Waals surface area contributed by atoms with Crippen LogP contribution in [0.2, 0.25) is 0 Å². The number of ether oxygens (including phenoxy) is 2. The normalized spacial score (nSPS) is 19.5. The molecule has 1 fully saturated rings. The number of hydrogen-bond donors (Lipinski definition) is 1. The Morgan fingerprint density at radius 1 is 1.53 bits per heavy atom. The summed E-state index contributed by atoms with van der Waals surface area (Å²) in [5, 5.41) is 3.47. The molecular formula is C13H18BrNO2. The first-order chi connectivity index (χ1) is 8.29. The molecule has 0 bridgehead atoms. The Morgan fingerprint density at radius 2 is 2.41 bits per heavy atom. The number of halogens is 1.